The minimum atomic E-state index is -0.574. The van der Waals surface area contributed by atoms with E-state index >= 15 is 0 Å². The van der Waals surface area contributed by atoms with Gasteiger partial charge in [-0.15, -0.1) is 5.10 Å². The van der Waals surface area contributed by atoms with Crippen molar-refractivity contribution < 1.29 is 14.3 Å². The highest BCUT2D eigenvalue weighted by Gasteiger charge is 2.51. The maximum Gasteiger partial charge on any atom is 0.247 e. The smallest absolute Gasteiger partial charge is 0.247 e. The van der Waals surface area contributed by atoms with Crippen LogP contribution in [0.2, 0.25) is 0 Å². The number of likely N-dealkylation sites (tertiary alicyclic amines) is 1. The number of nitrogens with one attached hydrogen (secondary N) is 1. The number of para-hydroxylation sites is 2. The van der Waals surface area contributed by atoms with Gasteiger partial charge in [0.25, 0.3) is 0 Å². The fourth-order valence-electron chi connectivity index (χ4n) is 5.69. The van der Waals surface area contributed by atoms with Crippen molar-refractivity contribution in [1.82, 2.24) is 30.4 Å². The van der Waals surface area contributed by atoms with Gasteiger partial charge in [-0.1, -0.05) is 43.7 Å². The number of amides is 1. The molecule has 10 heteroatoms. The Hall–Kier alpha value is -3.66. The van der Waals surface area contributed by atoms with Crippen molar-refractivity contribution in [3.63, 3.8) is 0 Å². The number of piperidine rings is 1. The van der Waals surface area contributed by atoms with Crippen molar-refractivity contribution in [3.05, 3.63) is 59.9 Å². The summed E-state index contributed by atoms with van der Waals surface area (Å²) in [4.78, 5) is 17.8. The molecule has 0 bridgehead atoms. The number of benzene rings is 2. The zero-order chi connectivity index (χ0) is 25.8. The third kappa shape index (κ3) is 4.50. The minimum Gasteiger partial charge on any atom is -0.493 e. The van der Waals surface area contributed by atoms with Crippen LogP contribution in [0.25, 0.3) is 0 Å². The van der Waals surface area contributed by atoms with E-state index < -0.39 is 5.54 Å². The SMILES string of the molecule is CCCCn1nnnc1C(c1cccc(OC)c1OC)N1CCC2(CC1)C(=O)NCN2c1ccccc1. The number of carbonyl (C=O) groups excluding carboxylic acids is 1. The van der Waals surface area contributed by atoms with Gasteiger partial charge < -0.3 is 19.7 Å². The summed E-state index contributed by atoms with van der Waals surface area (Å²) < 4.78 is 13.4. The van der Waals surface area contributed by atoms with Gasteiger partial charge >= 0.3 is 0 Å². The third-order valence-corrected chi connectivity index (χ3v) is 7.65. The highest BCUT2D eigenvalue weighted by molar-refractivity contribution is 5.93. The zero-order valence-electron chi connectivity index (χ0n) is 21.8. The number of rotatable bonds is 9. The van der Waals surface area contributed by atoms with E-state index in [2.05, 4.69) is 49.7 Å². The molecule has 0 aliphatic carbocycles. The van der Waals surface area contributed by atoms with Gasteiger partial charge in [-0.2, -0.15) is 0 Å². The number of anilines is 1. The van der Waals surface area contributed by atoms with Gasteiger partial charge in [-0.05, 0) is 47.9 Å². The first-order chi connectivity index (χ1) is 18.1. The van der Waals surface area contributed by atoms with Crippen molar-refractivity contribution in [1.29, 1.82) is 0 Å². The second-order valence-corrected chi connectivity index (χ2v) is 9.59. The molecule has 1 amide bonds. The third-order valence-electron chi connectivity index (χ3n) is 7.65. The second kappa shape index (κ2) is 10.8. The Labute approximate surface area is 217 Å². The van der Waals surface area contributed by atoms with E-state index in [1.807, 2.05) is 41.1 Å². The number of aryl methyl sites for hydroxylation is 1. The van der Waals surface area contributed by atoms with Crippen LogP contribution in [0.15, 0.2) is 48.5 Å². The minimum absolute atomic E-state index is 0.0966. The van der Waals surface area contributed by atoms with Crippen LogP contribution in [0, 0.1) is 0 Å². The number of aromatic nitrogens is 4. The molecule has 1 N–H and O–H groups in total. The molecule has 2 aliphatic heterocycles. The van der Waals surface area contributed by atoms with Crippen LogP contribution in [0.1, 0.15) is 50.0 Å². The van der Waals surface area contributed by atoms with Gasteiger partial charge in [0.2, 0.25) is 5.91 Å². The fourth-order valence-corrected chi connectivity index (χ4v) is 5.69. The number of carbonyl (C=O) groups is 1. The molecule has 196 valence electrons. The molecule has 3 heterocycles. The predicted octanol–water partition coefficient (Wildman–Crippen LogP) is 3.01. The molecular formula is C27H35N7O3. The van der Waals surface area contributed by atoms with Gasteiger partial charge in [0.05, 0.1) is 20.9 Å². The fraction of sp³-hybridized carbons (Fsp3) is 0.481. The average Bonchev–Trinajstić information content (AvgIpc) is 3.53. The van der Waals surface area contributed by atoms with Gasteiger partial charge in [0, 0.05) is 30.9 Å². The Kier molecular flexibility index (Phi) is 7.27. The molecule has 2 aliphatic rings. The molecule has 3 aromatic rings. The first-order valence-corrected chi connectivity index (χ1v) is 12.9. The molecule has 1 spiro atoms. The molecule has 10 nitrogen and oxygen atoms in total. The standard InChI is InChI=1S/C27H35N7O3/c1-4-5-16-34-25(29-30-31-34)23(21-12-9-13-22(36-2)24(21)37-3)32-17-14-27(15-18-32)26(35)28-19-33(27)20-10-7-6-8-11-20/h6-13,23H,4-5,14-19H2,1-3H3,(H,28,35). The molecule has 0 saturated carbocycles. The molecule has 1 aromatic heterocycles. The molecule has 1 atom stereocenters. The quantitative estimate of drug-likeness (QED) is 0.474. The first-order valence-electron chi connectivity index (χ1n) is 12.9. The zero-order valence-corrected chi connectivity index (χ0v) is 21.8. The summed E-state index contributed by atoms with van der Waals surface area (Å²) in [5.41, 5.74) is 1.43. The molecule has 5 rings (SSSR count). The number of ether oxygens (including phenoxy) is 2. The topological polar surface area (TPSA) is 97.6 Å². The summed E-state index contributed by atoms with van der Waals surface area (Å²) in [5.74, 6) is 2.20. The van der Waals surface area contributed by atoms with E-state index in [0.29, 0.717) is 44.1 Å². The van der Waals surface area contributed by atoms with Crippen molar-refractivity contribution in [2.24, 2.45) is 0 Å². The summed E-state index contributed by atoms with van der Waals surface area (Å²) in [6.07, 6.45) is 3.40. The lowest BCUT2D eigenvalue weighted by Crippen LogP contribution is -2.57. The maximum absolute atomic E-state index is 13.2. The Bertz CT molecular complexity index is 1210. The molecule has 2 fully saturated rings. The lowest BCUT2D eigenvalue weighted by molar-refractivity contribution is -0.125. The highest BCUT2D eigenvalue weighted by atomic mass is 16.5. The molecule has 2 aromatic carbocycles. The van der Waals surface area contributed by atoms with Gasteiger partial charge in [-0.3, -0.25) is 9.69 Å². The van der Waals surface area contributed by atoms with Crippen molar-refractivity contribution >= 4 is 11.6 Å². The number of methoxy groups -OCH3 is 2. The van der Waals surface area contributed by atoms with Crippen LogP contribution in [-0.2, 0) is 11.3 Å². The maximum atomic E-state index is 13.2. The summed E-state index contributed by atoms with van der Waals surface area (Å²) in [6, 6.07) is 15.8. The number of tetrazole rings is 1. The Balaban J connectivity index is 1.50. The molecule has 0 radical (unpaired) electrons. The number of hydrogen-bond acceptors (Lipinski definition) is 8. The Morgan fingerprint density at radius 2 is 1.84 bits per heavy atom. The van der Waals surface area contributed by atoms with Crippen LogP contribution in [0.4, 0.5) is 5.69 Å². The lowest BCUT2D eigenvalue weighted by atomic mass is 9.84. The van der Waals surface area contributed by atoms with Gasteiger partial charge in [0.1, 0.15) is 11.6 Å². The Morgan fingerprint density at radius 3 is 2.54 bits per heavy atom. The van der Waals surface area contributed by atoms with E-state index in [9.17, 15) is 4.79 Å². The van der Waals surface area contributed by atoms with E-state index in [4.69, 9.17) is 9.47 Å². The van der Waals surface area contributed by atoms with Crippen molar-refractivity contribution in [3.8, 4) is 11.5 Å². The van der Waals surface area contributed by atoms with Crippen LogP contribution < -0.4 is 19.7 Å². The number of hydrogen-bond donors (Lipinski definition) is 1. The van der Waals surface area contributed by atoms with E-state index in [0.717, 1.165) is 36.5 Å². The van der Waals surface area contributed by atoms with E-state index in [1.54, 1.807) is 14.2 Å². The van der Waals surface area contributed by atoms with Gasteiger partial charge in [-0.25, -0.2) is 4.68 Å². The first kappa shape index (κ1) is 25.0. The van der Waals surface area contributed by atoms with Crippen molar-refractivity contribution in [2.45, 2.75) is 50.7 Å². The molecule has 1 unspecified atom stereocenters. The largest absolute Gasteiger partial charge is 0.493 e. The highest BCUT2D eigenvalue weighted by Crippen LogP contribution is 2.43. The summed E-state index contributed by atoms with van der Waals surface area (Å²) in [5, 5.41) is 15.9. The van der Waals surface area contributed by atoms with E-state index in [1.165, 1.54) is 0 Å². The van der Waals surface area contributed by atoms with Crippen LogP contribution in [-0.4, -0.2) is 70.5 Å². The molecule has 2 saturated heterocycles. The summed E-state index contributed by atoms with van der Waals surface area (Å²) in [6.45, 7) is 4.81. The Morgan fingerprint density at radius 1 is 1.05 bits per heavy atom. The van der Waals surface area contributed by atoms with Crippen LogP contribution in [0.5, 0.6) is 11.5 Å². The summed E-state index contributed by atoms with van der Waals surface area (Å²) >= 11 is 0. The van der Waals surface area contributed by atoms with Crippen LogP contribution in [0.3, 0.4) is 0 Å². The monoisotopic (exact) mass is 505 g/mol. The predicted molar refractivity (Wildman–Crippen MR) is 140 cm³/mol. The summed E-state index contributed by atoms with van der Waals surface area (Å²) in [7, 11) is 3.30. The second-order valence-electron chi connectivity index (χ2n) is 9.59. The van der Waals surface area contributed by atoms with Gasteiger partial charge in [0.15, 0.2) is 17.3 Å². The molecule has 37 heavy (non-hydrogen) atoms. The van der Waals surface area contributed by atoms with Crippen molar-refractivity contribution in [2.75, 3.05) is 38.9 Å². The van der Waals surface area contributed by atoms with Crippen LogP contribution >= 0.6 is 0 Å². The lowest BCUT2D eigenvalue weighted by Gasteiger charge is -2.45. The molecular weight excluding hydrogens is 470 g/mol. The van der Waals surface area contributed by atoms with E-state index in [-0.39, 0.29) is 11.9 Å². The average molecular weight is 506 g/mol. The number of nitrogens with zero attached hydrogens (tertiary/aromatic N) is 6. The normalized spacial score (nSPS) is 18.1. The number of unbranched alkanes of at least 4 members (excludes halogenated alkanes) is 1.